The molecular formula is C22H22N4O4. The van der Waals surface area contributed by atoms with E-state index in [0.29, 0.717) is 23.2 Å². The van der Waals surface area contributed by atoms with E-state index in [-0.39, 0.29) is 12.5 Å². The highest BCUT2D eigenvalue weighted by atomic mass is 16.6. The smallest absolute Gasteiger partial charge is 0.265 e. The van der Waals surface area contributed by atoms with Gasteiger partial charge in [0.2, 0.25) is 11.9 Å². The second-order valence-corrected chi connectivity index (χ2v) is 7.66. The molecule has 30 heavy (non-hydrogen) atoms. The number of para-hydroxylation sites is 2. The Balaban J connectivity index is 1.38. The third-order valence-electron chi connectivity index (χ3n) is 5.64. The van der Waals surface area contributed by atoms with Gasteiger partial charge in [-0.05, 0) is 37.1 Å². The van der Waals surface area contributed by atoms with E-state index in [9.17, 15) is 4.79 Å². The van der Waals surface area contributed by atoms with Crippen LogP contribution in [0, 0.1) is 0 Å². The minimum atomic E-state index is -0.735. The topological polar surface area (TPSA) is 99.4 Å². The number of fused-ring (bicyclic) bond motifs is 1. The second kappa shape index (κ2) is 7.78. The van der Waals surface area contributed by atoms with Crippen molar-refractivity contribution in [3.63, 3.8) is 0 Å². The van der Waals surface area contributed by atoms with E-state index in [4.69, 9.17) is 14.0 Å². The van der Waals surface area contributed by atoms with Crippen molar-refractivity contribution in [3.05, 3.63) is 54.7 Å². The molecule has 1 N–H and O–H groups in total. The number of benzene rings is 1. The number of rotatable bonds is 4. The third-order valence-corrected chi connectivity index (χ3v) is 5.64. The molecule has 3 heterocycles. The molecule has 8 nitrogen and oxygen atoms in total. The molecule has 1 aliphatic heterocycles. The Hall–Kier alpha value is -3.42. The summed E-state index contributed by atoms with van der Waals surface area (Å²) in [5.41, 5.74) is 0.117. The van der Waals surface area contributed by atoms with Crippen LogP contribution in [0.25, 0.3) is 11.4 Å². The van der Waals surface area contributed by atoms with Gasteiger partial charge in [0, 0.05) is 18.0 Å². The van der Waals surface area contributed by atoms with Crippen LogP contribution in [0.15, 0.2) is 53.3 Å². The van der Waals surface area contributed by atoms with Gasteiger partial charge in [-0.1, -0.05) is 36.6 Å². The number of amides is 1. The second-order valence-electron chi connectivity index (χ2n) is 7.66. The number of hydrogen-bond donors (Lipinski definition) is 1. The fourth-order valence-electron chi connectivity index (χ4n) is 4.05. The van der Waals surface area contributed by atoms with Gasteiger partial charge in [0.05, 0.1) is 0 Å². The summed E-state index contributed by atoms with van der Waals surface area (Å²) in [6.45, 7) is 0.158. The Morgan fingerprint density at radius 3 is 2.60 bits per heavy atom. The summed E-state index contributed by atoms with van der Waals surface area (Å²) in [7, 11) is 0. The first-order valence-corrected chi connectivity index (χ1v) is 10.2. The van der Waals surface area contributed by atoms with E-state index < -0.39 is 11.6 Å². The van der Waals surface area contributed by atoms with Crippen molar-refractivity contribution in [2.45, 2.75) is 43.7 Å². The molecule has 2 aliphatic rings. The van der Waals surface area contributed by atoms with Crippen LogP contribution in [0.1, 0.15) is 38.0 Å². The van der Waals surface area contributed by atoms with Crippen molar-refractivity contribution in [2.75, 3.05) is 6.61 Å². The van der Waals surface area contributed by atoms with Gasteiger partial charge in [-0.2, -0.15) is 4.98 Å². The zero-order valence-corrected chi connectivity index (χ0v) is 16.4. The summed E-state index contributed by atoms with van der Waals surface area (Å²) in [5, 5.41) is 7.30. The maximum atomic E-state index is 13.1. The Kier molecular flexibility index (Phi) is 4.82. The zero-order chi connectivity index (χ0) is 20.4. The first kappa shape index (κ1) is 18.6. The fraction of sp³-hybridized carbons (Fsp3) is 0.364. The van der Waals surface area contributed by atoms with Gasteiger partial charge >= 0.3 is 0 Å². The van der Waals surface area contributed by atoms with Gasteiger partial charge in [0.25, 0.3) is 11.8 Å². The maximum Gasteiger partial charge on any atom is 0.265 e. The molecule has 5 rings (SSSR count). The normalized spacial score (nSPS) is 19.8. The number of pyridine rings is 1. The lowest BCUT2D eigenvalue weighted by Crippen LogP contribution is -2.53. The predicted molar refractivity (Wildman–Crippen MR) is 107 cm³/mol. The van der Waals surface area contributed by atoms with Crippen LogP contribution in [-0.4, -0.2) is 33.7 Å². The Bertz CT molecular complexity index is 1030. The van der Waals surface area contributed by atoms with Crippen molar-refractivity contribution in [3.8, 4) is 22.9 Å². The van der Waals surface area contributed by atoms with Crippen molar-refractivity contribution >= 4 is 5.91 Å². The van der Waals surface area contributed by atoms with E-state index in [1.165, 1.54) is 0 Å². The van der Waals surface area contributed by atoms with Crippen LogP contribution < -0.4 is 14.8 Å². The summed E-state index contributed by atoms with van der Waals surface area (Å²) >= 11 is 0. The summed E-state index contributed by atoms with van der Waals surface area (Å²) < 4.78 is 17.2. The molecule has 2 aromatic heterocycles. The van der Waals surface area contributed by atoms with Gasteiger partial charge in [-0.3, -0.25) is 9.78 Å². The first-order chi connectivity index (χ1) is 14.7. The van der Waals surface area contributed by atoms with E-state index in [1.807, 2.05) is 30.3 Å². The maximum absolute atomic E-state index is 13.1. The molecule has 0 spiro atoms. The highest BCUT2D eigenvalue weighted by molar-refractivity contribution is 5.82. The molecule has 1 aliphatic carbocycles. The number of nitrogens with one attached hydrogen (secondary N) is 1. The van der Waals surface area contributed by atoms with Crippen LogP contribution in [0.3, 0.4) is 0 Å². The highest BCUT2D eigenvalue weighted by Crippen LogP contribution is 2.38. The Morgan fingerprint density at radius 2 is 1.80 bits per heavy atom. The van der Waals surface area contributed by atoms with Crippen molar-refractivity contribution < 1.29 is 18.8 Å². The monoisotopic (exact) mass is 406 g/mol. The molecule has 154 valence electrons. The van der Waals surface area contributed by atoms with E-state index in [1.54, 1.807) is 18.5 Å². The molecule has 1 amide bonds. The van der Waals surface area contributed by atoms with Gasteiger partial charge < -0.3 is 19.3 Å². The Morgan fingerprint density at radius 1 is 1.03 bits per heavy atom. The minimum Gasteiger partial charge on any atom is -0.485 e. The van der Waals surface area contributed by atoms with Gasteiger partial charge in [-0.25, -0.2) is 0 Å². The van der Waals surface area contributed by atoms with Crippen molar-refractivity contribution in [1.82, 2.24) is 20.4 Å². The molecule has 0 radical (unpaired) electrons. The first-order valence-electron chi connectivity index (χ1n) is 10.2. The van der Waals surface area contributed by atoms with Crippen LogP contribution in [0.4, 0.5) is 0 Å². The van der Waals surface area contributed by atoms with Gasteiger partial charge in [-0.15, -0.1) is 0 Å². The van der Waals surface area contributed by atoms with Gasteiger partial charge in [0.1, 0.15) is 12.1 Å². The summed E-state index contributed by atoms with van der Waals surface area (Å²) in [5.74, 6) is 1.89. The number of aromatic nitrogens is 3. The van der Waals surface area contributed by atoms with Gasteiger partial charge in [0.15, 0.2) is 11.5 Å². The molecule has 0 bridgehead atoms. The lowest BCUT2D eigenvalue weighted by atomic mass is 9.81. The molecule has 1 fully saturated rings. The molecule has 0 saturated heterocycles. The van der Waals surface area contributed by atoms with Crippen LogP contribution in [0.5, 0.6) is 11.5 Å². The number of carbonyl (C=O) groups is 1. The third kappa shape index (κ3) is 3.49. The van der Waals surface area contributed by atoms with Crippen molar-refractivity contribution in [1.29, 1.82) is 0 Å². The average Bonchev–Trinajstić information content (AvgIpc) is 3.31. The lowest BCUT2D eigenvalue weighted by molar-refractivity contribution is -0.133. The molecule has 3 aromatic rings. The molecule has 1 saturated carbocycles. The molecule has 1 atom stereocenters. The SMILES string of the molecule is O=C(NC1(c2nc(-c3ccncc3)no2)CCCCC1)[C@H]1COc2ccccc2O1. The molecule has 0 unspecified atom stereocenters. The van der Waals surface area contributed by atoms with Crippen LogP contribution >= 0.6 is 0 Å². The minimum absolute atomic E-state index is 0.158. The standard InChI is InChI=1S/C22H22N4O4/c27-20(18-14-28-16-6-2-3-7-17(16)29-18)25-22(10-4-1-5-11-22)21-24-19(26-30-21)15-8-12-23-13-9-15/h2-3,6-9,12-13,18H,1,4-5,10-11,14H2,(H,25,27)/t18-/m1/s1. The zero-order valence-electron chi connectivity index (χ0n) is 16.4. The van der Waals surface area contributed by atoms with E-state index >= 15 is 0 Å². The number of nitrogens with zero attached hydrogens (tertiary/aromatic N) is 3. The molecular weight excluding hydrogens is 384 g/mol. The summed E-state index contributed by atoms with van der Waals surface area (Å²) in [4.78, 5) is 21.8. The van der Waals surface area contributed by atoms with Crippen LogP contribution in [-0.2, 0) is 10.3 Å². The molecule has 1 aromatic carbocycles. The quantitative estimate of drug-likeness (QED) is 0.710. The highest BCUT2D eigenvalue weighted by Gasteiger charge is 2.43. The summed E-state index contributed by atoms with van der Waals surface area (Å²) in [6, 6.07) is 11.0. The van der Waals surface area contributed by atoms with E-state index in [2.05, 4.69) is 20.4 Å². The predicted octanol–water partition coefficient (Wildman–Crippen LogP) is 3.25. The Labute approximate surface area is 173 Å². The average molecular weight is 406 g/mol. The lowest BCUT2D eigenvalue weighted by Gasteiger charge is -2.36. The fourth-order valence-corrected chi connectivity index (χ4v) is 4.05. The largest absolute Gasteiger partial charge is 0.485 e. The van der Waals surface area contributed by atoms with Crippen molar-refractivity contribution in [2.24, 2.45) is 0 Å². The van der Waals surface area contributed by atoms with Crippen LogP contribution in [0.2, 0.25) is 0 Å². The molecule has 8 heteroatoms. The number of carbonyl (C=O) groups excluding carboxylic acids is 1. The number of ether oxygens (including phenoxy) is 2. The number of hydrogen-bond acceptors (Lipinski definition) is 7. The summed E-state index contributed by atoms with van der Waals surface area (Å²) in [6.07, 6.45) is 7.15. The van der Waals surface area contributed by atoms with E-state index in [0.717, 1.165) is 37.7 Å².